The molecule has 0 aromatic carbocycles. The first-order valence-electron chi connectivity index (χ1n) is 7.80. The van der Waals surface area contributed by atoms with Crippen LogP contribution in [0.1, 0.15) is 57.7 Å². The molecular weight excluding hydrogens is 332 g/mol. The molecule has 2 rings (SSSR count). The molecule has 0 amide bonds. The number of hydrazine groups is 1. The van der Waals surface area contributed by atoms with Crippen molar-refractivity contribution in [3.8, 4) is 0 Å². The van der Waals surface area contributed by atoms with Gasteiger partial charge in [0.25, 0.3) is 0 Å². The van der Waals surface area contributed by atoms with Crippen LogP contribution in [0.4, 0.5) is 0 Å². The topological polar surface area (TPSA) is 65.1 Å². The van der Waals surface area contributed by atoms with E-state index in [1.807, 2.05) is 10.9 Å². The largest absolute Gasteiger partial charge is 0.376 e. The highest BCUT2D eigenvalue weighted by atomic mass is 79.9. The lowest BCUT2D eigenvalue weighted by molar-refractivity contribution is -0.0826. The van der Waals surface area contributed by atoms with Crippen LogP contribution >= 0.6 is 15.9 Å². The normalized spacial score (nSPS) is 27.8. The van der Waals surface area contributed by atoms with E-state index in [1.54, 1.807) is 7.11 Å². The highest BCUT2D eigenvalue weighted by Gasteiger charge is 2.44. The molecule has 0 radical (unpaired) electrons. The molecule has 1 aliphatic carbocycles. The Morgan fingerprint density at radius 2 is 2.43 bits per heavy atom. The molecule has 6 heteroatoms. The minimum atomic E-state index is -0.263. The van der Waals surface area contributed by atoms with Crippen LogP contribution in [-0.2, 0) is 11.3 Å². The van der Waals surface area contributed by atoms with Crippen molar-refractivity contribution in [1.29, 1.82) is 0 Å². The number of ether oxygens (including phenoxy) is 1. The summed E-state index contributed by atoms with van der Waals surface area (Å²) in [5.41, 5.74) is 3.84. The third kappa shape index (κ3) is 3.33. The summed E-state index contributed by atoms with van der Waals surface area (Å²) in [7, 11) is 1.80. The summed E-state index contributed by atoms with van der Waals surface area (Å²) in [6, 6.07) is -0.0614. The number of halogens is 1. The molecule has 0 aliphatic heterocycles. The molecule has 0 saturated heterocycles. The zero-order valence-corrected chi connectivity index (χ0v) is 14.8. The van der Waals surface area contributed by atoms with Crippen molar-refractivity contribution < 1.29 is 4.74 Å². The zero-order valence-electron chi connectivity index (χ0n) is 13.2. The summed E-state index contributed by atoms with van der Waals surface area (Å²) >= 11 is 3.63. The van der Waals surface area contributed by atoms with Gasteiger partial charge in [-0.25, -0.2) is 5.43 Å². The van der Waals surface area contributed by atoms with Gasteiger partial charge >= 0.3 is 0 Å². The number of hydrogen-bond donors (Lipinski definition) is 2. The predicted octanol–water partition coefficient (Wildman–Crippen LogP) is 3.16. The average Bonchev–Trinajstić information content (AvgIpc) is 2.82. The summed E-state index contributed by atoms with van der Waals surface area (Å²) < 4.78 is 9.04. The van der Waals surface area contributed by atoms with E-state index >= 15 is 0 Å². The maximum atomic E-state index is 6.01. The van der Waals surface area contributed by atoms with Crippen molar-refractivity contribution in [2.75, 3.05) is 7.11 Å². The van der Waals surface area contributed by atoms with Crippen LogP contribution in [0.3, 0.4) is 0 Å². The maximum Gasteiger partial charge on any atom is 0.0929 e. The minimum Gasteiger partial charge on any atom is -0.376 e. The van der Waals surface area contributed by atoms with Crippen LogP contribution in [0, 0.1) is 5.92 Å². The molecule has 5 nitrogen and oxygen atoms in total. The fourth-order valence-corrected chi connectivity index (χ4v) is 4.16. The van der Waals surface area contributed by atoms with Gasteiger partial charge in [-0.05, 0) is 41.1 Å². The van der Waals surface area contributed by atoms with E-state index in [-0.39, 0.29) is 11.6 Å². The number of rotatable bonds is 6. The van der Waals surface area contributed by atoms with Crippen LogP contribution in [0.5, 0.6) is 0 Å². The highest BCUT2D eigenvalue weighted by Crippen LogP contribution is 2.44. The van der Waals surface area contributed by atoms with Crippen molar-refractivity contribution in [3.05, 3.63) is 16.4 Å². The number of aryl methyl sites for hydroxylation is 1. The van der Waals surface area contributed by atoms with Gasteiger partial charge in [-0.1, -0.05) is 26.7 Å². The third-order valence-electron chi connectivity index (χ3n) is 4.63. The first kappa shape index (κ1) is 16.9. The summed E-state index contributed by atoms with van der Waals surface area (Å²) in [4.78, 5) is 0. The molecule has 3 atom stereocenters. The van der Waals surface area contributed by atoms with Crippen LogP contribution in [0.15, 0.2) is 10.7 Å². The van der Waals surface area contributed by atoms with Crippen molar-refractivity contribution in [1.82, 2.24) is 15.2 Å². The van der Waals surface area contributed by atoms with Crippen molar-refractivity contribution in [3.63, 3.8) is 0 Å². The molecule has 3 N–H and O–H groups in total. The quantitative estimate of drug-likeness (QED) is 0.605. The Balaban J connectivity index is 2.39. The Morgan fingerprint density at radius 3 is 3.00 bits per heavy atom. The Kier molecular flexibility index (Phi) is 5.82. The van der Waals surface area contributed by atoms with Gasteiger partial charge in [-0.15, -0.1) is 0 Å². The van der Waals surface area contributed by atoms with Gasteiger partial charge in [0.2, 0.25) is 0 Å². The molecule has 1 aromatic heterocycles. The van der Waals surface area contributed by atoms with Gasteiger partial charge in [0.15, 0.2) is 0 Å². The molecule has 1 saturated carbocycles. The Bertz CT molecular complexity index is 465. The number of nitrogens with zero attached hydrogens (tertiary/aromatic N) is 2. The number of hydrogen-bond acceptors (Lipinski definition) is 4. The monoisotopic (exact) mass is 358 g/mol. The second-order valence-electron chi connectivity index (χ2n) is 6.17. The summed E-state index contributed by atoms with van der Waals surface area (Å²) in [5, 5.41) is 4.47. The van der Waals surface area contributed by atoms with Crippen LogP contribution < -0.4 is 11.3 Å². The number of methoxy groups -OCH3 is 1. The lowest BCUT2D eigenvalue weighted by atomic mass is 9.74. The van der Waals surface area contributed by atoms with E-state index in [2.05, 4.69) is 40.3 Å². The van der Waals surface area contributed by atoms with Gasteiger partial charge < -0.3 is 4.74 Å². The molecule has 120 valence electrons. The Hall–Kier alpha value is -0.430. The molecule has 0 bridgehead atoms. The van der Waals surface area contributed by atoms with E-state index in [0.29, 0.717) is 5.92 Å². The molecular formula is C15H27BrN4O. The van der Waals surface area contributed by atoms with Gasteiger partial charge in [0.05, 0.1) is 28.0 Å². The summed E-state index contributed by atoms with van der Waals surface area (Å²) in [6.45, 7) is 5.33. The van der Waals surface area contributed by atoms with Gasteiger partial charge in [0.1, 0.15) is 0 Å². The molecule has 1 aliphatic rings. The van der Waals surface area contributed by atoms with Crippen LogP contribution in [0.25, 0.3) is 0 Å². The van der Waals surface area contributed by atoms with Crippen molar-refractivity contribution in [2.45, 2.75) is 64.1 Å². The maximum absolute atomic E-state index is 6.01. The lowest BCUT2D eigenvalue weighted by Crippen LogP contribution is -2.51. The van der Waals surface area contributed by atoms with Crippen molar-refractivity contribution >= 4 is 15.9 Å². The lowest BCUT2D eigenvalue weighted by Gasteiger charge is -2.44. The van der Waals surface area contributed by atoms with Gasteiger partial charge in [0, 0.05) is 13.7 Å². The Labute approximate surface area is 135 Å². The third-order valence-corrected chi connectivity index (χ3v) is 5.24. The molecule has 21 heavy (non-hydrogen) atoms. The van der Waals surface area contributed by atoms with E-state index in [1.165, 1.54) is 12.8 Å². The fraction of sp³-hybridized carbons (Fsp3) is 0.800. The minimum absolute atomic E-state index is 0.0614. The number of nitrogens with one attached hydrogen (secondary N) is 1. The number of nitrogens with two attached hydrogens (primary N) is 1. The highest BCUT2D eigenvalue weighted by molar-refractivity contribution is 9.10. The van der Waals surface area contributed by atoms with E-state index < -0.39 is 0 Å². The van der Waals surface area contributed by atoms with Gasteiger partial charge in [-0.3, -0.25) is 10.5 Å². The van der Waals surface area contributed by atoms with Crippen LogP contribution in [-0.4, -0.2) is 22.5 Å². The van der Waals surface area contributed by atoms with E-state index in [9.17, 15) is 0 Å². The average molecular weight is 359 g/mol. The summed E-state index contributed by atoms with van der Waals surface area (Å²) in [5.74, 6) is 6.59. The molecule has 1 heterocycles. The fourth-order valence-electron chi connectivity index (χ4n) is 3.64. The van der Waals surface area contributed by atoms with Crippen LogP contribution in [0.2, 0.25) is 0 Å². The summed E-state index contributed by atoms with van der Waals surface area (Å²) in [6.07, 6.45) is 7.36. The smallest absolute Gasteiger partial charge is 0.0929 e. The predicted molar refractivity (Wildman–Crippen MR) is 87.7 cm³/mol. The van der Waals surface area contributed by atoms with Crippen molar-refractivity contribution in [2.24, 2.45) is 11.8 Å². The first-order chi connectivity index (χ1) is 10.1. The molecule has 1 aromatic rings. The second kappa shape index (κ2) is 7.22. The van der Waals surface area contributed by atoms with E-state index in [4.69, 9.17) is 10.6 Å². The van der Waals surface area contributed by atoms with Gasteiger partial charge in [-0.2, -0.15) is 5.10 Å². The molecule has 1 fully saturated rings. The van der Waals surface area contributed by atoms with E-state index in [0.717, 1.165) is 36.0 Å². The standard InChI is InChI=1S/C15H27BrN4O/c1-4-8-20-13(12(16)10-18-20)14(19-17)15(21-3)7-5-6-11(2)9-15/h10-11,14,19H,4-9,17H2,1-3H3. The second-order valence-corrected chi connectivity index (χ2v) is 7.03. The zero-order chi connectivity index (χ0) is 15.5. The number of aromatic nitrogens is 2. The SMILES string of the molecule is CCCn1ncc(Br)c1C(NN)C1(OC)CCCC(C)C1. The first-order valence-corrected chi connectivity index (χ1v) is 8.59. The Morgan fingerprint density at radius 1 is 1.67 bits per heavy atom. The molecule has 3 unspecified atom stereocenters. The molecule has 0 spiro atoms.